The average molecular weight is 328 g/mol. The van der Waals surface area contributed by atoms with Crippen LogP contribution in [0.4, 0.5) is 5.69 Å². The van der Waals surface area contributed by atoms with Gasteiger partial charge in [-0.05, 0) is 36.8 Å². The molecule has 1 aliphatic heterocycles. The topological polar surface area (TPSA) is 41.6 Å². The van der Waals surface area contributed by atoms with E-state index >= 15 is 0 Å². The Bertz CT molecular complexity index is 658. The summed E-state index contributed by atoms with van der Waals surface area (Å²) in [7, 11) is 0. The average Bonchev–Trinajstić information content (AvgIpc) is 3.12. The smallest absolute Gasteiger partial charge is 0.138 e. The molecule has 0 amide bonds. The maximum Gasteiger partial charge on any atom is 0.138 e. The van der Waals surface area contributed by atoms with Gasteiger partial charge in [-0.25, -0.2) is 5.01 Å². The molecule has 3 rings (SSSR count). The Labute approximate surface area is 140 Å². The van der Waals surface area contributed by atoms with Crippen molar-refractivity contribution in [2.24, 2.45) is 0 Å². The minimum absolute atomic E-state index is 0.0622. The summed E-state index contributed by atoms with van der Waals surface area (Å²) in [6, 6.07) is 11.8. The van der Waals surface area contributed by atoms with Crippen molar-refractivity contribution in [2.45, 2.75) is 25.9 Å². The number of aldehydes is 1. The van der Waals surface area contributed by atoms with Crippen molar-refractivity contribution in [1.29, 1.82) is 0 Å². The molecule has 1 aromatic heterocycles. The Morgan fingerprint density at radius 3 is 2.91 bits per heavy atom. The van der Waals surface area contributed by atoms with Crippen LogP contribution in [0.5, 0.6) is 5.75 Å². The number of carbonyl (C=O) groups excluding carboxylic acids is 1. The lowest BCUT2D eigenvalue weighted by atomic mass is 10.2. The van der Waals surface area contributed by atoms with E-state index < -0.39 is 0 Å². The number of hydrogen-bond donors (Lipinski definition) is 1. The lowest BCUT2D eigenvalue weighted by Gasteiger charge is -2.21. The molecular formula is C18H20N2O2S. The van der Waals surface area contributed by atoms with E-state index in [-0.39, 0.29) is 6.04 Å². The number of anilines is 1. The molecule has 23 heavy (non-hydrogen) atoms. The van der Waals surface area contributed by atoms with Gasteiger partial charge in [-0.3, -0.25) is 0 Å². The van der Waals surface area contributed by atoms with E-state index in [4.69, 9.17) is 4.74 Å². The third kappa shape index (κ3) is 3.81. The van der Waals surface area contributed by atoms with Crippen LogP contribution in [0, 0.1) is 0 Å². The molecule has 120 valence electrons. The van der Waals surface area contributed by atoms with Crippen molar-refractivity contribution in [2.75, 3.05) is 12.0 Å². The van der Waals surface area contributed by atoms with Gasteiger partial charge in [0.05, 0.1) is 18.3 Å². The zero-order valence-electron chi connectivity index (χ0n) is 13.1. The fourth-order valence-corrected chi connectivity index (χ4v) is 3.55. The van der Waals surface area contributed by atoms with E-state index in [1.165, 1.54) is 9.75 Å². The molecule has 0 bridgehead atoms. The monoisotopic (exact) mass is 328 g/mol. The number of thiophene rings is 1. The highest BCUT2D eigenvalue weighted by Crippen LogP contribution is 2.35. The first-order valence-electron chi connectivity index (χ1n) is 7.76. The summed E-state index contributed by atoms with van der Waals surface area (Å²) in [5.41, 5.74) is 4.43. The van der Waals surface area contributed by atoms with Gasteiger partial charge in [0.15, 0.2) is 0 Å². The van der Waals surface area contributed by atoms with Crippen LogP contribution < -0.4 is 10.2 Å². The summed E-state index contributed by atoms with van der Waals surface area (Å²) in [5.74, 6) is 0.877. The largest absolute Gasteiger partial charge is 0.490 e. The minimum atomic E-state index is -0.0622. The van der Waals surface area contributed by atoms with E-state index in [0.29, 0.717) is 6.61 Å². The van der Waals surface area contributed by atoms with Crippen LogP contribution in [-0.2, 0) is 11.3 Å². The number of benzene rings is 1. The Balaban J connectivity index is 1.53. The molecule has 0 fully saturated rings. The van der Waals surface area contributed by atoms with Crippen LogP contribution in [0.15, 0.2) is 42.5 Å². The summed E-state index contributed by atoms with van der Waals surface area (Å²) in [4.78, 5) is 13.5. The second-order valence-electron chi connectivity index (χ2n) is 5.36. The van der Waals surface area contributed by atoms with Crippen LogP contribution in [0.1, 0.15) is 23.1 Å². The van der Waals surface area contributed by atoms with Crippen molar-refractivity contribution in [1.82, 2.24) is 5.01 Å². The normalized spacial score (nSPS) is 15.3. The van der Waals surface area contributed by atoms with Crippen molar-refractivity contribution in [3.05, 3.63) is 52.2 Å². The summed E-state index contributed by atoms with van der Waals surface area (Å²) in [6.45, 7) is 3.36. The van der Waals surface area contributed by atoms with Crippen LogP contribution in [-0.4, -0.2) is 23.9 Å². The number of ether oxygens (including phenoxy) is 1. The van der Waals surface area contributed by atoms with Gasteiger partial charge in [-0.2, -0.15) is 0 Å². The first-order valence-corrected chi connectivity index (χ1v) is 8.57. The molecule has 0 radical (unpaired) electrons. The first kappa shape index (κ1) is 15.8. The van der Waals surface area contributed by atoms with Crippen molar-refractivity contribution in [3.8, 4) is 5.75 Å². The standard InChI is InChI=1S/C18H20N2O2S/c1-2-14(13-21)20-12-18-17(19-20)11-16(23-18)9-6-10-22-15-7-4-3-5-8-15/h3-9,11,13-14,19H,2,10,12H2,1H3/b9-6+. The molecule has 2 heterocycles. The van der Waals surface area contributed by atoms with Gasteiger partial charge in [0.25, 0.3) is 0 Å². The van der Waals surface area contributed by atoms with Crippen LogP contribution in [0.2, 0.25) is 0 Å². The number of para-hydroxylation sites is 1. The number of hydrazine groups is 1. The molecule has 4 nitrogen and oxygen atoms in total. The van der Waals surface area contributed by atoms with Crippen LogP contribution >= 0.6 is 11.3 Å². The Morgan fingerprint density at radius 2 is 2.22 bits per heavy atom. The Kier molecular flexibility index (Phi) is 5.10. The number of hydrogen-bond acceptors (Lipinski definition) is 5. The predicted octanol–water partition coefficient (Wildman–Crippen LogP) is 3.96. The Hall–Kier alpha value is -2.11. The van der Waals surface area contributed by atoms with Gasteiger partial charge >= 0.3 is 0 Å². The number of rotatable bonds is 7. The molecule has 1 atom stereocenters. The summed E-state index contributed by atoms with van der Waals surface area (Å²) < 4.78 is 5.64. The molecule has 1 aromatic carbocycles. The van der Waals surface area contributed by atoms with Gasteiger partial charge in [0.2, 0.25) is 0 Å². The minimum Gasteiger partial charge on any atom is -0.490 e. The van der Waals surface area contributed by atoms with Crippen molar-refractivity contribution >= 4 is 29.4 Å². The molecule has 2 aromatic rings. The van der Waals surface area contributed by atoms with Gasteiger partial charge in [-0.1, -0.05) is 25.1 Å². The summed E-state index contributed by atoms with van der Waals surface area (Å²) >= 11 is 1.75. The first-order chi connectivity index (χ1) is 11.3. The fraction of sp³-hybridized carbons (Fsp3) is 0.278. The molecule has 5 heteroatoms. The third-order valence-corrected chi connectivity index (χ3v) is 4.84. The highest BCUT2D eigenvalue weighted by Gasteiger charge is 2.25. The molecule has 1 aliphatic rings. The third-order valence-electron chi connectivity index (χ3n) is 3.75. The van der Waals surface area contributed by atoms with Crippen LogP contribution in [0.25, 0.3) is 6.08 Å². The molecule has 1 N–H and O–H groups in total. The predicted molar refractivity (Wildman–Crippen MR) is 94.6 cm³/mol. The molecule has 0 aliphatic carbocycles. The van der Waals surface area contributed by atoms with E-state index in [9.17, 15) is 4.79 Å². The van der Waals surface area contributed by atoms with Gasteiger partial charge in [-0.15, -0.1) is 11.3 Å². The SMILES string of the molecule is CCC(C=O)N1Cc2sc(/C=C/COc3ccccc3)cc2N1. The highest BCUT2D eigenvalue weighted by atomic mass is 32.1. The second-order valence-corrected chi connectivity index (χ2v) is 6.53. The summed E-state index contributed by atoms with van der Waals surface area (Å²) in [5, 5.41) is 2.00. The number of fused-ring (bicyclic) bond motifs is 1. The van der Waals surface area contributed by atoms with Crippen molar-refractivity contribution in [3.63, 3.8) is 0 Å². The molecule has 0 spiro atoms. The molecule has 0 saturated heterocycles. The number of carbonyl (C=O) groups is 1. The zero-order valence-corrected chi connectivity index (χ0v) is 13.9. The van der Waals surface area contributed by atoms with Crippen LogP contribution in [0.3, 0.4) is 0 Å². The summed E-state index contributed by atoms with van der Waals surface area (Å²) in [6.07, 6.45) is 5.92. The highest BCUT2D eigenvalue weighted by molar-refractivity contribution is 7.13. The second kappa shape index (κ2) is 7.44. The maximum atomic E-state index is 11.1. The van der Waals surface area contributed by atoms with E-state index in [0.717, 1.165) is 30.7 Å². The van der Waals surface area contributed by atoms with Gasteiger partial charge in [0, 0.05) is 9.75 Å². The van der Waals surface area contributed by atoms with E-state index in [2.05, 4.69) is 17.6 Å². The molecule has 1 unspecified atom stereocenters. The number of nitrogens with zero attached hydrogens (tertiary/aromatic N) is 1. The van der Waals surface area contributed by atoms with E-state index in [1.807, 2.05) is 48.3 Å². The lowest BCUT2D eigenvalue weighted by molar-refractivity contribution is -0.112. The Morgan fingerprint density at radius 1 is 1.39 bits per heavy atom. The quantitative estimate of drug-likeness (QED) is 0.781. The van der Waals surface area contributed by atoms with Gasteiger partial charge in [0.1, 0.15) is 18.6 Å². The fourth-order valence-electron chi connectivity index (χ4n) is 2.51. The maximum absolute atomic E-state index is 11.1. The van der Waals surface area contributed by atoms with E-state index in [1.54, 1.807) is 11.3 Å². The van der Waals surface area contributed by atoms with Gasteiger partial charge < -0.3 is 15.0 Å². The molecular weight excluding hydrogens is 308 g/mol. The van der Waals surface area contributed by atoms with Crippen molar-refractivity contribution < 1.29 is 9.53 Å². The number of nitrogens with one attached hydrogen (secondary N) is 1. The lowest BCUT2D eigenvalue weighted by Crippen LogP contribution is -2.36. The zero-order chi connectivity index (χ0) is 16.1. The molecule has 0 saturated carbocycles.